The van der Waals surface area contributed by atoms with Crippen LogP contribution in [0, 0.1) is 11.6 Å². The largest absolute Gasteiger partial charge is 0.377 e. The summed E-state index contributed by atoms with van der Waals surface area (Å²) in [6, 6.07) is 10.0. The maximum Gasteiger partial charge on any atom is 0.263 e. The van der Waals surface area contributed by atoms with Crippen LogP contribution < -0.4 is 10.2 Å². The highest BCUT2D eigenvalue weighted by atomic mass is 19.1. The zero-order valence-corrected chi connectivity index (χ0v) is 15.8. The zero-order chi connectivity index (χ0) is 19.8. The van der Waals surface area contributed by atoms with Gasteiger partial charge >= 0.3 is 0 Å². The second-order valence-corrected chi connectivity index (χ2v) is 7.25. The summed E-state index contributed by atoms with van der Waals surface area (Å²) >= 11 is 0. The third kappa shape index (κ3) is 3.07. The molecule has 0 saturated carbocycles. The molecule has 0 atom stereocenters. The fourth-order valence-electron chi connectivity index (χ4n) is 3.98. The maximum atomic E-state index is 15.3. The van der Waals surface area contributed by atoms with Crippen molar-refractivity contribution in [2.45, 2.75) is 25.8 Å². The van der Waals surface area contributed by atoms with Gasteiger partial charge in [-0.3, -0.25) is 9.69 Å². The standard InChI is InChI=1S/C22H23F2N3O/c1-3-26-11-9-15(10-12-26)25-21-17(23)13-18-19(20(21)24)14(2)22(28)27(18)16-7-5-4-6-8-16/h4-8,13,15,25H,2-3,9-12H2,1H3. The molecule has 0 spiro atoms. The topological polar surface area (TPSA) is 35.6 Å². The fraction of sp³-hybridized carbons (Fsp3) is 0.318. The van der Waals surface area contributed by atoms with Gasteiger partial charge in [-0.05, 0) is 31.5 Å². The lowest BCUT2D eigenvalue weighted by Gasteiger charge is -2.32. The van der Waals surface area contributed by atoms with Crippen LogP contribution in [0.2, 0.25) is 0 Å². The van der Waals surface area contributed by atoms with Crippen molar-refractivity contribution in [1.82, 2.24) is 4.90 Å². The molecular formula is C22H23F2N3O. The van der Waals surface area contributed by atoms with Gasteiger partial charge in [0.25, 0.3) is 5.91 Å². The van der Waals surface area contributed by atoms with Gasteiger partial charge in [-0.2, -0.15) is 0 Å². The van der Waals surface area contributed by atoms with Crippen LogP contribution in [0.25, 0.3) is 5.57 Å². The summed E-state index contributed by atoms with van der Waals surface area (Å²) in [5, 5.41) is 3.03. The molecule has 1 saturated heterocycles. The first-order valence-electron chi connectivity index (χ1n) is 9.61. The first kappa shape index (κ1) is 18.6. The van der Waals surface area contributed by atoms with Gasteiger partial charge in [-0.1, -0.05) is 31.7 Å². The van der Waals surface area contributed by atoms with Gasteiger partial charge in [0.15, 0.2) is 11.6 Å². The van der Waals surface area contributed by atoms with Crippen molar-refractivity contribution in [2.75, 3.05) is 29.9 Å². The molecule has 28 heavy (non-hydrogen) atoms. The number of carbonyl (C=O) groups is 1. The summed E-state index contributed by atoms with van der Waals surface area (Å²) in [5.41, 5.74) is 0.697. The fourth-order valence-corrected chi connectivity index (χ4v) is 3.98. The van der Waals surface area contributed by atoms with Crippen LogP contribution in [0.1, 0.15) is 25.3 Å². The van der Waals surface area contributed by atoms with Crippen molar-refractivity contribution in [1.29, 1.82) is 0 Å². The van der Waals surface area contributed by atoms with Gasteiger partial charge in [0.2, 0.25) is 0 Å². The van der Waals surface area contributed by atoms with Crippen molar-refractivity contribution in [3.05, 3.63) is 60.2 Å². The molecule has 2 aliphatic heterocycles. The number of piperidine rings is 1. The van der Waals surface area contributed by atoms with Crippen LogP contribution >= 0.6 is 0 Å². The predicted molar refractivity (Wildman–Crippen MR) is 108 cm³/mol. The van der Waals surface area contributed by atoms with E-state index < -0.39 is 17.5 Å². The number of likely N-dealkylation sites (tertiary alicyclic amines) is 1. The Balaban J connectivity index is 1.68. The average Bonchev–Trinajstić information content (AvgIpc) is 2.96. The van der Waals surface area contributed by atoms with Gasteiger partial charge in [0.05, 0.1) is 5.69 Å². The number of amides is 1. The Morgan fingerprint density at radius 2 is 1.86 bits per heavy atom. The first-order valence-corrected chi connectivity index (χ1v) is 9.61. The first-order chi connectivity index (χ1) is 13.5. The Morgan fingerprint density at radius 3 is 2.50 bits per heavy atom. The number of benzene rings is 2. The summed E-state index contributed by atoms with van der Waals surface area (Å²) in [4.78, 5) is 16.3. The third-order valence-corrected chi connectivity index (χ3v) is 5.60. The Kier molecular flexibility index (Phi) is 4.89. The second kappa shape index (κ2) is 7.36. The molecule has 2 aliphatic rings. The Morgan fingerprint density at radius 1 is 1.18 bits per heavy atom. The molecule has 4 nitrogen and oxygen atoms in total. The lowest BCUT2D eigenvalue weighted by Crippen LogP contribution is -2.39. The van der Waals surface area contributed by atoms with E-state index >= 15 is 4.39 Å². The molecule has 0 aliphatic carbocycles. The van der Waals surface area contributed by atoms with Gasteiger partial charge < -0.3 is 10.2 Å². The number of halogens is 2. The summed E-state index contributed by atoms with van der Waals surface area (Å²) in [7, 11) is 0. The van der Waals surface area contributed by atoms with Crippen molar-refractivity contribution in [3.8, 4) is 0 Å². The van der Waals surface area contributed by atoms with Crippen molar-refractivity contribution < 1.29 is 13.6 Å². The molecule has 2 heterocycles. The van der Waals surface area contributed by atoms with Crippen LogP contribution in [0.5, 0.6) is 0 Å². The number of anilines is 3. The van der Waals surface area contributed by atoms with Gasteiger partial charge in [0, 0.05) is 42.0 Å². The number of nitrogens with one attached hydrogen (secondary N) is 1. The highest BCUT2D eigenvalue weighted by Crippen LogP contribution is 2.45. The predicted octanol–water partition coefficient (Wildman–Crippen LogP) is 4.55. The third-order valence-electron chi connectivity index (χ3n) is 5.60. The molecule has 1 N–H and O–H groups in total. The monoisotopic (exact) mass is 383 g/mol. The molecule has 0 aromatic heterocycles. The average molecular weight is 383 g/mol. The molecule has 2 aromatic rings. The van der Waals surface area contributed by atoms with E-state index in [2.05, 4.69) is 23.7 Å². The molecule has 1 fully saturated rings. The molecule has 0 radical (unpaired) electrons. The normalized spacial score (nSPS) is 17.9. The minimum Gasteiger partial charge on any atom is -0.377 e. The van der Waals surface area contributed by atoms with Crippen molar-refractivity contribution >= 4 is 28.5 Å². The Labute approximate surface area is 163 Å². The molecule has 6 heteroatoms. The molecule has 146 valence electrons. The summed E-state index contributed by atoms with van der Waals surface area (Å²) in [6.45, 7) is 8.64. The Bertz CT molecular complexity index is 921. The van der Waals surface area contributed by atoms with Crippen LogP contribution in [0.4, 0.5) is 25.8 Å². The number of fused-ring (bicyclic) bond motifs is 1. The minimum atomic E-state index is -0.746. The molecule has 1 amide bonds. The number of rotatable bonds is 4. The molecule has 0 unspecified atom stereocenters. The number of hydrogen-bond donors (Lipinski definition) is 1. The number of para-hydroxylation sites is 1. The minimum absolute atomic E-state index is 0.000413. The molecule has 2 aromatic carbocycles. The van der Waals surface area contributed by atoms with E-state index in [1.54, 1.807) is 24.3 Å². The number of nitrogens with zero attached hydrogens (tertiary/aromatic N) is 2. The van der Waals surface area contributed by atoms with E-state index in [0.717, 1.165) is 32.5 Å². The van der Waals surface area contributed by atoms with Crippen LogP contribution in [0.3, 0.4) is 0 Å². The quantitative estimate of drug-likeness (QED) is 0.787. The van der Waals surface area contributed by atoms with Crippen LogP contribution in [-0.2, 0) is 4.79 Å². The van der Waals surface area contributed by atoms with E-state index in [9.17, 15) is 9.18 Å². The van der Waals surface area contributed by atoms with Crippen LogP contribution in [-0.4, -0.2) is 36.5 Å². The van der Waals surface area contributed by atoms with Gasteiger partial charge in [-0.25, -0.2) is 8.78 Å². The number of carbonyl (C=O) groups excluding carboxylic acids is 1. The lowest BCUT2D eigenvalue weighted by molar-refractivity contribution is -0.112. The Hall–Kier alpha value is -2.73. The van der Waals surface area contributed by atoms with Crippen molar-refractivity contribution in [3.63, 3.8) is 0 Å². The highest BCUT2D eigenvalue weighted by molar-refractivity contribution is 6.34. The summed E-state index contributed by atoms with van der Waals surface area (Å²) in [5.74, 6) is -1.88. The van der Waals surface area contributed by atoms with Gasteiger partial charge in [-0.15, -0.1) is 0 Å². The van der Waals surface area contributed by atoms with Gasteiger partial charge in [0.1, 0.15) is 5.69 Å². The van der Waals surface area contributed by atoms with E-state index in [1.165, 1.54) is 11.0 Å². The van der Waals surface area contributed by atoms with E-state index in [4.69, 9.17) is 0 Å². The lowest BCUT2D eigenvalue weighted by atomic mass is 10.0. The zero-order valence-electron chi connectivity index (χ0n) is 15.8. The summed E-state index contributed by atoms with van der Waals surface area (Å²) in [6.07, 6.45) is 1.64. The van der Waals surface area contributed by atoms with E-state index in [1.807, 2.05) is 6.07 Å². The summed E-state index contributed by atoms with van der Waals surface area (Å²) < 4.78 is 30.2. The van der Waals surface area contributed by atoms with Crippen LogP contribution in [0.15, 0.2) is 43.0 Å². The smallest absolute Gasteiger partial charge is 0.263 e. The van der Waals surface area contributed by atoms with E-state index in [0.29, 0.717) is 5.69 Å². The molecule has 0 bridgehead atoms. The highest BCUT2D eigenvalue weighted by Gasteiger charge is 2.37. The number of hydrogen-bond acceptors (Lipinski definition) is 3. The van der Waals surface area contributed by atoms with Crippen molar-refractivity contribution in [2.24, 2.45) is 0 Å². The molecule has 4 rings (SSSR count). The SMILES string of the molecule is C=C1C(=O)N(c2ccccc2)c2cc(F)c(NC3CCN(CC)CC3)c(F)c21. The van der Waals surface area contributed by atoms with E-state index in [-0.39, 0.29) is 28.6 Å². The molecular weight excluding hydrogens is 360 g/mol. The second-order valence-electron chi connectivity index (χ2n) is 7.25. The maximum absolute atomic E-state index is 15.3.